The van der Waals surface area contributed by atoms with Crippen molar-refractivity contribution in [2.75, 3.05) is 0 Å². The highest BCUT2D eigenvalue weighted by Crippen LogP contribution is 2.23. The highest BCUT2D eigenvalue weighted by molar-refractivity contribution is 9.10. The number of amides is 2. The van der Waals surface area contributed by atoms with Gasteiger partial charge in [-0.2, -0.15) is 0 Å². The first-order valence-electron chi connectivity index (χ1n) is 6.67. The molecule has 5 heteroatoms. The molecule has 2 aromatic rings. The predicted molar refractivity (Wildman–Crippen MR) is 86.1 cm³/mol. The average Bonchev–Trinajstić information content (AvgIpc) is 2.75. The molecular weight excluding hydrogens is 346 g/mol. The number of aliphatic hydroxyl groups excluding tert-OH is 1. The first-order valence-corrected chi connectivity index (χ1v) is 7.46. The van der Waals surface area contributed by atoms with Crippen molar-refractivity contribution in [3.05, 3.63) is 69.9 Å². The molecule has 0 radical (unpaired) electrons. The highest BCUT2D eigenvalue weighted by Gasteiger charge is 2.29. The molecule has 0 fully saturated rings. The molecule has 2 amide bonds. The molecule has 0 saturated heterocycles. The lowest BCUT2D eigenvalue weighted by Crippen LogP contribution is -2.23. The first kappa shape index (κ1) is 14.5. The van der Waals surface area contributed by atoms with E-state index >= 15 is 0 Å². The van der Waals surface area contributed by atoms with Crippen LogP contribution in [0.4, 0.5) is 0 Å². The van der Waals surface area contributed by atoms with Crippen molar-refractivity contribution < 1.29 is 14.7 Å². The quantitative estimate of drug-likeness (QED) is 0.829. The Morgan fingerprint density at radius 1 is 0.864 bits per heavy atom. The van der Waals surface area contributed by atoms with Crippen LogP contribution >= 0.6 is 15.9 Å². The van der Waals surface area contributed by atoms with Crippen molar-refractivity contribution in [2.45, 2.75) is 6.42 Å². The van der Waals surface area contributed by atoms with E-state index < -0.39 is 17.6 Å². The number of nitrogens with one attached hydrogen (secondary N) is 1. The molecule has 0 bridgehead atoms. The van der Waals surface area contributed by atoms with Crippen molar-refractivity contribution in [1.82, 2.24) is 5.32 Å². The van der Waals surface area contributed by atoms with Gasteiger partial charge in [0.25, 0.3) is 11.8 Å². The van der Waals surface area contributed by atoms with Crippen LogP contribution in [0.25, 0.3) is 11.1 Å². The molecule has 22 heavy (non-hydrogen) atoms. The summed E-state index contributed by atoms with van der Waals surface area (Å²) in [5.74, 6) is -1.74. The van der Waals surface area contributed by atoms with Crippen LogP contribution in [-0.2, 0) is 16.0 Å². The molecule has 1 aliphatic heterocycles. The van der Waals surface area contributed by atoms with Crippen LogP contribution in [0, 0.1) is 0 Å². The van der Waals surface area contributed by atoms with Gasteiger partial charge in [-0.1, -0.05) is 52.3 Å². The molecule has 0 atom stereocenters. The van der Waals surface area contributed by atoms with Crippen molar-refractivity contribution in [3.63, 3.8) is 0 Å². The van der Waals surface area contributed by atoms with E-state index in [0.29, 0.717) is 0 Å². The van der Waals surface area contributed by atoms with Gasteiger partial charge in [-0.25, -0.2) is 0 Å². The minimum Gasteiger partial charge on any atom is -0.503 e. The minimum atomic E-state index is -0.730. The summed E-state index contributed by atoms with van der Waals surface area (Å²) in [6.45, 7) is 0. The highest BCUT2D eigenvalue weighted by atomic mass is 79.9. The second-order valence-corrected chi connectivity index (χ2v) is 5.91. The van der Waals surface area contributed by atoms with Gasteiger partial charge in [0.1, 0.15) is 0 Å². The number of rotatable bonds is 3. The number of carbonyl (C=O) groups excluding carboxylic acids is 2. The van der Waals surface area contributed by atoms with Gasteiger partial charge in [-0.15, -0.1) is 0 Å². The number of aliphatic hydroxyl groups is 1. The molecule has 4 nitrogen and oxygen atoms in total. The molecular formula is C17H12BrNO3. The van der Waals surface area contributed by atoms with E-state index in [-0.39, 0.29) is 12.0 Å². The molecule has 1 aliphatic rings. The van der Waals surface area contributed by atoms with Crippen LogP contribution < -0.4 is 5.32 Å². The number of carbonyl (C=O) groups is 2. The van der Waals surface area contributed by atoms with Crippen molar-refractivity contribution in [3.8, 4) is 11.1 Å². The number of halogens is 1. The molecule has 3 rings (SSSR count). The maximum absolute atomic E-state index is 11.6. The summed E-state index contributed by atoms with van der Waals surface area (Å²) in [5, 5.41) is 11.7. The Morgan fingerprint density at radius 3 is 1.91 bits per heavy atom. The van der Waals surface area contributed by atoms with E-state index in [0.717, 1.165) is 21.2 Å². The van der Waals surface area contributed by atoms with Gasteiger partial charge in [0.2, 0.25) is 0 Å². The van der Waals surface area contributed by atoms with Crippen LogP contribution in [0.15, 0.2) is 64.3 Å². The summed E-state index contributed by atoms with van der Waals surface area (Å²) in [6, 6.07) is 15.6. The number of hydrogen-bond donors (Lipinski definition) is 2. The Bertz CT molecular complexity index is 777. The van der Waals surface area contributed by atoms with E-state index in [9.17, 15) is 14.7 Å². The summed E-state index contributed by atoms with van der Waals surface area (Å²) in [6.07, 6.45) is 0.226. The topological polar surface area (TPSA) is 66.4 Å². The van der Waals surface area contributed by atoms with E-state index in [2.05, 4.69) is 21.2 Å². The van der Waals surface area contributed by atoms with Gasteiger partial charge < -0.3 is 5.11 Å². The molecule has 2 N–H and O–H groups in total. The second-order valence-electron chi connectivity index (χ2n) is 4.99. The van der Waals surface area contributed by atoms with Gasteiger partial charge in [-0.3, -0.25) is 14.9 Å². The zero-order chi connectivity index (χ0) is 15.7. The maximum atomic E-state index is 11.6. The fourth-order valence-electron chi connectivity index (χ4n) is 2.31. The number of hydrogen-bond acceptors (Lipinski definition) is 3. The molecule has 0 unspecified atom stereocenters. The summed E-state index contributed by atoms with van der Waals surface area (Å²) in [7, 11) is 0. The first-order chi connectivity index (χ1) is 10.5. The molecule has 0 saturated carbocycles. The summed E-state index contributed by atoms with van der Waals surface area (Å²) < 4.78 is 1.02. The minimum absolute atomic E-state index is 0.112. The molecule has 0 spiro atoms. The van der Waals surface area contributed by atoms with Crippen LogP contribution in [0.5, 0.6) is 0 Å². The lowest BCUT2D eigenvalue weighted by Gasteiger charge is -2.05. The summed E-state index contributed by atoms with van der Waals surface area (Å²) in [5.41, 5.74) is 3.11. The van der Waals surface area contributed by atoms with Crippen LogP contribution in [0.1, 0.15) is 5.56 Å². The average molecular weight is 358 g/mol. The van der Waals surface area contributed by atoms with E-state index in [4.69, 9.17) is 0 Å². The third-order valence-electron chi connectivity index (χ3n) is 3.51. The molecule has 2 aromatic carbocycles. The lowest BCUT2D eigenvalue weighted by atomic mass is 10.0. The molecule has 110 valence electrons. The SMILES string of the molecule is O=C1NC(=O)C(Cc2ccc(-c3ccc(Br)cc3)cc2)=C1O. The standard InChI is InChI=1S/C17H12BrNO3/c18-13-7-5-12(6-8-13)11-3-1-10(2-4-11)9-14-15(20)17(22)19-16(14)21/h1-8H,9H2,(H2,19,20,21,22). The van der Waals surface area contributed by atoms with Crippen LogP contribution in [0.2, 0.25) is 0 Å². The fourth-order valence-corrected chi connectivity index (χ4v) is 2.57. The molecule has 0 aliphatic carbocycles. The number of benzene rings is 2. The van der Waals surface area contributed by atoms with E-state index in [1.165, 1.54) is 0 Å². The predicted octanol–water partition coefficient (Wildman–Crippen LogP) is 3.13. The van der Waals surface area contributed by atoms with Crippen LogP contribution in [-0.4, -0.2) is 16.9 Å². The Balaban J connectivity index is 1.82. The van der Waals surface area contributed by atoms with E-state index in [1.54, 1.807) is 0 Å². The summed E-state index contributed by atoms with van der Waals surface area (Å²) in [4.78, 5) is 22.8. The normalized spacial score (nSPS) is 14.4. The van der Waals surface area contributed by atoms with Crippen LogP contribution in [0.3, 0.4) is 0 Å². The Labute approximate surface area is 135 Å². The zero-order valence-electron chi connectivity index (χ0n) is 11.5. The van der Waals surface area contributed by atoms with Gasteiger partial charge in [0.15, 0.2) is 5.76 Å². The monoisotopic (exact) mass is 357 g/mol. The Hall–Kier alpha value is -2.40. The van der Waals surface area contributed by atoms with Gasteiger partial charge in [-0.05, 0) is 28.8 Å². The second kappa shape index (κ2) is 5.77. The molecule has 0 aromatic heterocycles. The van der Waals surface area contributed by atoms with Gasteiger partial charge in [0.05, 0.1) is 5.57 Å². The van der Waals surface area contributed by atoms with E-state index in [1.807, 2.05) is 48.5 Å². The Morgan fingerprint density at radius 2 is 1.41 bits per heavy atom. The lowest BCUT2D eigenvalue weighted by molar-refractivity contribution is -0.125. The number of imide groups is 1. The third-order valence-corrected chi connectivity index (χ3v) is 4.04. The third kappa shape index (κ3) is 2.80. The Kier molecular flexibility index (Phi) is 3.81. The van der Waals surface area contributed by atoms with Gasteiger partial charge in [0, 0.05) is 10.9 Å². The smallest absolute Gasteiger partial charge is 0.293 e. The van der Waals surface area contributed by atoms with Gasteiger partial charge >= 0.3 is 0 Å². The summed E-state index contributed by atoms with van der Waals surface area (Å²) >= 11 is 3.40. The largest absolute Gasteiger partial charge is 0.503 e. The maximum Gasteiger partial charge on any atom is 0.293 e. The van der Waals surface area contributed by atoms with Crippen molar-refractivity contribution in [1.29, 1.82) is 0 Å². The van der Waals surface area contributed by atoms with Crippen molar-refractivity contribution in [2.24, 2.45) is 0 Å². The fraction of sp³-hybridized carbons (Fsp3) is 0.0588. The van der Waals surface area contributed by atoms with Crippen molar-refractivity contribution >= 4 is 27.7 Å². The zero-order valence-corrected chi connectivity index (χ0v) is 13.1. The molecule has 1 heterocycles.